The van der Waals surface area contributed by atoms with Crippen molar-refractivity contribution in [1.82, 2.24) is 5.10 Å². The van der Waals surface area contributed by atoms with E-state index in [1.54, 1.807) is 4.52 Å². The fraction of sp³-hybridized carbons (Fsp3) is 0. The molecule has 0 aliphatic heterocycles. The molecule has 0 aliphatic rings. The average Bonchev–Trinajstić information content (AvgIpc) is 2.80. The maximum Gasteiger partial charge on any atom is 0.406 e. The number of hydrogen-bond donors (Lipinski definition) is 0. The summed E-state index contributed by atoms with van der Waals surface area (Å²) in [6.07, 6.45) is 5.70. The number of nitrogens with zero attached hydrogens (tertiary/aromatic N) is 2. The van der Waals surface area contributed by atoms with Crippen molar-refractivity contribution < 1.29 is 8.93 Å². The SMILES string of the molecule is C(=C\c1n[n+]2ccccc2o1)/c1ccccc1. The lowest BCUT2D eigenvalue weighted by Gasteiger charge is -1.87. The van der Waals surface area contributed by atoms with Gasteiger partial charge in [0, 0.05) is 17.2 Å². The molecule has 0 radical (unpaired) electrons. The van der Waals surface area contributed by atoms with Gasteiger partial charge in [-0.25, -0.2) is 0 Å². The lowest BCUT2D eigenvalue weighted by molar-refractivity contribution is -0.579. The fourth-order valence-corrected chi connectivity index (χ4v) is 1.62. The molecule has 0 bridgehead atoms. The summed E-state index contributed by atoms with van der Waals surface area (Å²) in [5, 5.41) is 4.29. The molecule has 3 aromatic rings. The Kier molecular flexibility index (Phi) is 2.43. The van der Waals surface area contributed by atoms with E-state index in [4.69, 9.17) is 4.42 Å². The molecule has 0 saturated heterocycles. The van der Waals surface area contributed by atoms with Crippen LogP contribution in [0.5, 0.6) is 0 Å². The van der Waals surface area contributed by atoms with E-state index in [1.807, 2.05) is 66.9 Å². The molecule has 0 aliphatic carbocycles. The summed E-state index contributed by atoms with van der Waals surface area (Å²) in [4.78, 5) is 0. The van der Waals surface area contributed by atoms with Crippen LogP contribution in [0.2, 0.25) is 0 Å². The molecule has 0 N–H and O–H groups in total. The molecular formula is C14H11N2O+. The number of hydrogen-bond acceptors (Lipinski definition) is 2. The van der Waals surface area contributed by atoms with Gasteiger partial charge in [0.25, 0.3) is 5.89 Å². The monoisotopic (exact) mass is 223 g/mol. The molecule has 3 rings (SSSR count). The van der Waals surface area contributed by atoms with Gasteiger partial charge in [-0.15, -0.1) is 0 Å². The maximum atomic E-state index is 5.55. The first-order valence-corrected chi connectivity index (χ1v) is 5.42. The van der Waals surface area contributed by atoms with E-state index in [0.29, 0.717) is 5.89 Å². The quantitative estimate of drug-likeness (QED) is 0.625. The highest BCUT2D eigenvalue weighted by Crippen LogP contribution is 2.06. The summed E-state index contributed by atoms with van der Waals surface area (Å²) in [5.41, 5.74) is 1.86. The Morgan fingerprint density at radius 1 is 0.941 bits per heavy atom. The topological polar surface area (TPSA) is 30.1 Å². The minimum Gasteiger partial charge on any atom is -0.378 e. The van der Waals surface area contributed by atoms with E-state index in [1.165, 1.54) is 0 Å². The van der Waals surface area contributed by atoms with E-state index < -0.39 is 0 Å². The molecule has 3 nitrogen and oxygen atoms in total. The zero-order valence-electron chi connectivity index (χ0n) is 9.15. The number of fused-ring (bicyclic) bond motifs is 1. The zero-order chi connectivity index (χ0) is 11.5. The Labute approximate surface area is 98.6 Å². The molecule has 0 saturated carbocycles. The molecule has 0 unspecified atom stereocenters. The Hall–Kier alpha value is -2.42. The van der Waals surface area contributed by atoms with Crippen molar-refractivity contribution in [2.45, 2.75) is 0 Å². The van der Waals surface area contributed by atoms with Gasteiger partial charge >= 0.3 is 5.71 Å². The summed E-state index contributed by atoms with van der Waals surface area (Å²) in [7, 11) is 0. The van der Waals surface area contributed by atoms with Crippen LogP contribution in [0.3, 0.4) is 0 Å². The van der Waals surface area contributed by atoms with Gasteiger partial charge in [0.1, 0.15) is 0 Å². The van der Waals surface area contributed by atoms with Crippen LogP contribution in [0.15, 0.2) is 59.1 Å². The molecule has 3 heteroatoms. The number of pyridine rings is 1. The van der Waals surface area contributed by atoms with E-state index in [2.05, 4.69) is 5.10 Å². The fourth-order valence-electron chi connectivity index (χ4n) is 1.62. The summed E-state index contributed by atoms with van der Waals surface area (Å²) < 4.78 is 7.27. The van der Waals surface area contributed by atoms with E-state index in [0.717, 1.165) is 11.3 Å². The Balaban J connectivity index is 1.92. The molecular weight excluding hydrogens is 212 g/mol. The van der Waals surface area contributed by atoms with Crippen molar-refractivity contribution in [3.63, 3.8) is 0 Å². The van der Waals surface area contributed by atoms with Crippen molar-refractivity contribution in [2.75, 3.05) is 0 Å². The molecule has 0 atom stereocenters. The average molecular weight is 223 g/mol. The van der Waals surface area contributed by atoms with Crippen molar-refractivity contribution in [3.8, 4) is 0 Å². The molecule has 1 aromatic carbocycles. The third-order valence-corrected chi connectivity index (χ3v) is 2.44. The van der Waals surface area contributed by atoms with E-state index >= 15 is 0 Å². The second-order valence-electron chi connectivity index (χ2n) is 3.67. The molecule has 0 amide bonds. The smallest absolute Gasteiger partial charge is 0.378 e. The molecule has 17 heavy (non-hydrogen) atoms. The van der Waals surface area contributed by atoms with Gasteiger partial charge in [0.2, 0.25) is 6.20 Å². The third kappa shape index (κ3) is 2.08. The number of benzene rings is 1. The van der Waals surface area contributed by atoms with Crippen LogP contribution in [0.1, 0.15) is 11.5 Å². The summed E-state index contributed by atoms with van der Waals surface area (Å²) in [5.74, 6) is 0.597. The Morgan fingerprint density at radius 3 is 2.59 bits per heavy atom. The zero-order valence-corrected chi connectivity index (χ0v) is 9.15. The molecule has 2 aromatic heterocycles. The van der Waals surface area contributed by atoms with Gasteiger partial charge in [-0.3, -0.25) is 0 Å². The van der Waals surface area contributed by atoms with Crippen LogP contribution in [0.25, 0.3) is 17.9 Å². The van der Waals surface area contributed by atoms with Gasteiger partial charge in [-0.05, 0) is 22.2 Å². The lowest BCUT2D eigenvalue weighted by atomic mass is 10.2. The normalized spacial score (nSPS) is 11.3. The van der Waals surface area contributed by atoms with Crippen LogP contribution < -0.4 is 4.52 Å². The van der Waals surface area contributed by atoms with Crippen LogP contribution in [-0.2, 0) is 0 Å². The first-order valence-electron chi connectivity index (χ1n) is 5.42. The molecule has 0 spiro atoms. The largest absolute Gasteiger partial charge is 0.406 e. The maximum absolute atomic E-state index is 5.55. The highest BCUT2D eigenvalue weighted by molar-refractivity contribution is 5.65. The summed E-state index contributed by atoms with van der Waals surface area (Å²) in [6, 6.07) is 15.8. The minimum atomic E-state index is 0.597. The molecule has 0 fully saturated rings. The van der Waals surface area contributed by atoms with Crippen molar-refractivity contribution >= 4 is 17.9 Å². The van der Waals surface area contributed by atoms with Gasteiger partial charge in [-0.2, -0.15) is 0 Å². The van der Waals surface area contributed by atoms with Crippen molar-refractivity contribution in [1.29, 1.82) is 0 Å². The van der Waals surface area contributed by atoms with Gasteiger partial charge in [0.15, 0.2) is 0 Å². The first kappa shape index (κ1) is 9.78. The predicted octanol–water partition coefficient (Wildman–Crippen LogP) is 2.58. The van der Waals surface area contributed by atoms with Crippen LogP contribution >= 0.6 is 0 Å². The molecule has 82 valence electrons. The van der Waals surface area contributed by atoms with E-state index in [9.17, 15) is 0 Å². The highest BCUT2D eigenvalue weighted by atomic mass is 16.4. The second-order valence-corrected chi connectivity index (χ2v) is 3.67. The highest BCUT2D eigenvalue weighted by Gasteiger charge is 2.09. The second kappa shape index (κ2) is 4.22. The van der Waals surface area contributed by atoms with Crippen LogP contribution in [-0.4, -0.2) is 5.10 Å². The minimum absolute atomic E-state index is 0.597. The standard InChI is InChI=1S/C14H11N2O/c1-2-6-12(7-3-1)9-10-13-15-16-11-5-4-8-14(16)17-13/h1-11H/q+1/b10-9+. The lowest BCUT2D eigenvalue weighted by Crippen LogP contribution is -2.21. The van der Waals surface area contributed by atoms with Crippen LogP contribution in [0.4, 0.5) is 0 Å². The third-order valence-electron chi connectivity index (χ3n) is 2.44. The van der Waals surface area contributed by atoms with E-state index in [-0.39, 0.29) is 0 Å². The van der Waals surface area contributed by atoms with Gasteiger partial charge in [-0.1, -0.05) is 30.3 Å². The summed E-state index contributed by atoms with van der Waals surface area (Å²) >= 11 is 0. The first-order chi connectivity index (χ1) is 8.42. The van der Waals surface area contributed by atoms with Gasteiger partial charge in [0.05, 0.1) is 6.07 Å². The Bertz CT molecular complexity index is 623. The number of rotatable bonds is 2. The predicted molar refractivity (Wildman–Crippen MR) is 65.0 cm³/mol. The summed E-state index contributed by atoms with van der Waals surface area (Å²) in [6.45, 7) is 0. The Morgan fingerprint density at radius 2 is 1.76 bits per heavy atom. The number of aromatic nitrogens is 2. The van der Waals surface area contributed by atoms with Crippen LogP contribution in [0, 0.1) is 0 Å². The molecule has 2 heterocycles. The van der Waals surface area contributed by atoms with Gasteiger partial charge < -0.3 is 4.42 Å². The van der Waals surface area contributed by atoms with Crippen molar-refractivity contribution in [2.24, 2.45) is 0 Å². The van der Waals surface area contributed by atoms with Crippen molar-refractivity contribution in [3.05, 3.63) is 66.2 Å².